The van der Waals surface area contributed by atoms with Crippen molar-refractivity contribution in [2.75, 3.05) is 19.8 Å². The summed E-state index contributed by atoms with van der Waals surface area (Å²) in [5, 5.41) is 15.1. The van der Waals surface area contributed by atoms with Gasteiger partial charge in [0.05, 0.1) is 19.6 Å². The van der Waals surface area contributed by atoms with Crippen LogP contribution in [0, 0.1) is 0 Å². The van der Waals surface area contributed by atoms with Gasteiger partial charge in [-0.15, -0.1) is 0 Å². The average molecular weight is 504 g/mol. The van der Waals surface area contributed by atoms with E-state index in [0.717, 1.165) is 5.56 Å². The van der Waals surface area contributed by atoms with Crippen LogP contribution in [0.3, 0.4) is 0 Å². The Kier molecular flexibility index (Phi) is 10.5. The lowest BCUT2D eigenvalue weighted by Crippen LogP contribution is -2.55. The van der Waals surface area contributed by atoms with Crippen LogP contribution in [0.25, 0.3) is 6.08 Å². The first-order valence-corrected chi connectivity index (χ1v) is 12.1. The molecule has 0 radical (unpaired) electrons. The SMILES string of the molecule is C=Cc1cccc(C(C(=O)NCCC(=O)OCC)N(C(=O)C(CO)NC(=O)OC(C)(C)C)C2CC2)c1. The summed E-state index contributed by atoms with van der Waals surface area (Å²) in [6, 6.07) is 4.43. The molecule has 2 unspecified atom stereocenters. The molecule has 3 N–H and O–H groups in total. The molecule has 0 spiro atoms. The summed E-state index contributed by atoms with van der Waals surface area (Å²) >= 11 is 0. The van der Waals surface area contributed by atoms with Crippen molar-refractivity contribution in [1.82, 2.24) is 15.5 Å². The van der Waals surface area contributed by atoms with E-state index in [4.69, 9.17) is 9.47 Å². The molecule has 2 atom stereocenters. The number of carbonyl (C=O) groups is 4. The Bertz CT molecular complexity index is 953. The highest BCUT2D eigenvalue weighted by Crippen LogP contribution is 2.36. The summed E-state index contributed by atoms with van der Waals surface area (Å²) in [4.78, 5) is 52.5. The predicted octanol–water partition coefficient (Wildman–Crippen LogP) is 2.32. The second-order valence-corrected chi connectivity index (χ2v) is 9.48. The highest BCUT2D eigenvalue weighted by atomic mass is 16.6. The zero-order valence-corrected chi connectivity index (χ0v) is 21.4. The summed E-state index contributed by atoms with van der Waals surface area (Å²) in [5.74, 6) is -1.55. The molecule has 1 fully saturated rings. The first-order valence-electron chi connectivity index (χ1n) is 12.1. The molecule has 0 heterocycles. The Morgan fingerprint density at radius 1 is 1.25 bits per heavy atom. The van der Waals surface area contributed by atoms with Crippen molar-refractivity contribution in [3.8, 4) is 0 Å². The van der Waals surface area contributed by atoms with Gasteiger partial charge in [-0.3, -0.25) is 14.4 Å². The average Bonchev–Trinajstić information content (AvgIpc) is 3.64. The second-order valence-electron chi connectivity index (χ2n) is 9.48. The monoisotopic (exact) mass is 503 g/mol. The van der Waals surface area contributed by atoms with Crippen molar-refractivity contribution < 1.29 is 33.8 Å². The van der Waals surface area contributed by atoms with Gasteiger partial charge in [0, 0.05) is 12.6 Å². The molecule has 0 saturated heterocycles. The standard InChI is InChI=1S/C26H37N3O7/c1-6-17-9-8-10-18(15-17)22(23(32)27-14-13-21(31)35-7-2)29(19-11-12-19)24(33)20(16-30)28-25(34)36-26(3,4)5/h6,8-10,15,19-20,22,30H,1,7,11-14,16H2,2-5H3,(H,27,32)(H,28,34). The van der Waals surface area contributed by atoms with Crippen molar-refractivity contribution in [3.63, 3.8) is 0 Å². The van der Waals surface area contributed by atoms with Gasteiger partial charge >= 0.3 is 12.1 Å². The van der Waals surface area contributed by atoms with Gasteiger partial charge in [-0.25, -0.2) is 4.79 Å². The Balaban J connectivity index is 2.34. The van der Waals surface area contributed by atoms with Crippen molar-refractivity contribution in [1.29, 1.82) is 0 Å². The van der Waals surface area contributed by atoms with Gasteiger partial charge in [-0.2, -0.15) is 0 Å². The molecule has 1 aliphatic carbocycles. The minimum atomic E-state index is -1.31. The molecule has 0 bridgehead atoms. The molecule has 3 amide bonds. The highest BCUT2D eigenvalue weighted by molar-refractivity contribution is 5.93. The number of esters is 1. The Morgan fingerprint density at radius 2 is 1.94 bits per heavy atom. The molecule has 2 rings (SSSR count). The molecule has 198 valence electrons. The number of aliphatic hydroxyl groups excluding tert-OH is 1. The first-order chi connectivity index (χ1) is 17.0. The largest absolute Gasteiger partial charge is 0.466 e. The Labute approximate surface area is 212 Å². The molecule has 1 aliphatic rings. The molecular weight excluding hydrogens is 466 g/mol. The Hall–Kier alpha value is -3.40. The summed E-state index contributed by atoms with van der Waals surface area (Å²) < 4.78 is 10.1. The summed E-state index contributed by atoms with van der Waals surface area (Å²) in [5.41, 5.74) is 0.497. The van der Waals surface area contributed by atoms with Gasteiger partial charge in [0.1, 0.15) is 17.7 Å². The Morgan fingerprint density at radius 3 is 2.50 bits per heavy atom. The molecule has 1 saturated carbocycles. The van der Waals surface area contributed by atoms with E-state index < -0.39 is 48.2 Å². The summed E-state index contributed by atoms with van der Waals surface area (Å²) in [7, 11) is 0. The van der Waals surface area contributed by atoms with Crippen LogP contribution in [0.1, 0.15) is 64.1 Å². The van der Waals surface area contributed by atoms with Crippen LogP contribution in [0.5, 0.6) is 0 Å². The number of alkyl carbamates (subject to hydrolysis) is 1. The third-order valence-corrected chi connectivity index (χ3v) is 5.29. The quantitative estimate of drug-likeness (QED) is 0.373. The number of carbonyl (C=O) groups excluding carboxylic acids is 4. The van der Waals surface area contributed by atoms with Crippen LogP contribution in [0.2, 0.25) is 0 Å². The van der Waals surface area contributed by atoms with Crippen molar-refractivity contribution in [3.05, 3.63) is 42.0 Å². The summed E-state index contributed by atoms with van der Waals surface area (Å²) in [6.07, 6.45) is 2.10. The van der Waals surface area contributed by atoms with Gasteiger partial charge < -0.3 is 30.1 Å². The normalized spacial score (nSPS) is 14.7. The van der Waals surface area contributed by atoms with Crippen LogP contribution in [-0.4, -0.2) is 71.3 Å². The third kappa shape index (κ3) is 8.67. The van der Waals surface area contributed by atoms with E-state index in [2.05, 4.69) is 17.2 Å². The van der Waals surface area contributed by atoms with E-state index in [1.165, 1.54) is 4.90 Å². The smallest absolute Gasteiger partial charge is 0.408 e. The van der Waals surface area contributed by atoms with Gasteiger partial charge in [0.15, 0.2) is 0 Å². The fraction of sp³-hybridized carbons (Fsp3) is 0.538. The fourth-order valence-electron chi connectivity index (χ4n) is 3.60. The lowest BCUT2D eigenvalue weighted by atomic mass is 10.00. The molecule has 0 aliphatic heterocycles. The third-order valence-electron chi connectivity index (χ3n) is 5.29. The molecule has 10 nitrogen and oxygen atoms in total. The fourth-order valence-corrected chi connectivity index (χ4v) is 3.60. The zero-order valence-electron chi connectivity index (χ0n) is 21.4. The number of aliphatic hydroxyl groups is 1. The molecule has 36 heavy (non-hydrogen) atoms. The molecular formula is C26H37N3O7. The minimum Gasteiger partial charge on any atom is -0.466 e. The number of hydrogen-bond donors (Lipinski definition) is 3. The topological polar surface area (TPSA) is 134 Å². The number of rotatable bonds is 12. The maximum Gasteiger partial charge on any atom is 0.408 e. The van der Waals surface area contributed by atoms with Crippen LogP contribution >= 0.6 is 0 Å². The number of ether oxygens (including phenoxy) is 2. The van der Waals surface area contributed by atoms with Crippen LogP contribution in [0.4, 0.5) is 4.79 Å². The molecule has 1 aromatic carbocycles. The van der Waals surface area contributed by atoms with E-state index in [-0.39, 0.29) is 25.6 Å². The van der Waals surface area contributed by atoms with Gasteiger partial charge in [0.25, 0.3) is 0 Å². The number of benzene rings is 1. The van der Waals surface area contributed by atoms with Gasteiger partial charge in [-0.1, -0.05) is 30.9 Å². The number of amides is 3. The van der Waals surface area contributed by atoms with Gasteiger partial charge in [-0.05, 0) is 57.7 Å². The second kappa shape index (κ2) is 13.1. The number of nitrogens with zero attached hydrogens (tertiary/aromatic N) is 1. The lowest BCUT2D eigenvalue weighted by Gasteiger charge is -2.34. The van der Waals surface area contributed by atoms with Crippen LogP contribution in [-0.2, 0) is 23.9 Å². The van der Waals surface area contributed by atoms with Crippen molar-refractivity contribution >= 4 is 30.0 Å². The van der Waals surface area contributed by atoms with E-state index >= 15 is 0 Å². The van der Waals surface area contributed by atoms with E-state index in [1.54, 1.807) is 52.0 Å². The number of hydrogen-bond acceptors (Lipinski definition) is 7. The molecule has 0 aromatic heterocycles. The highest BCUT2D eigenvalue weighted by Gasteiger charge is 2.44. The van der Waals surface area contributed by atoms with Crippen LogP contribution < -0.4 is 10.6 Å². The molecule has 10 heteroatoms. The minimum absolute atomic E-state index is 0.0180. The maximum absolute atomic E-state index is 13.6. The number of nitrogens with one attached hydrogen (secondary N) is 2. The van der Waals surface area contributed by atoms with E-state index in [9.17, 15) is 24.3 Å². The maximum atomic E-state index is 13.6. The molecule has 1 aromatic rings. The van der Waals surface area contributed by atoms with Gasteiger partial charge in [0.2, 0.25) is 11.8 Å². The van der Waals surface area contributed by atoms with Crippen LogP contribution in [0.15, 0.2) is 30.8 Å². The summed E-state index contributed by atoms with van der Waals surface area (Å²) in [6.45, 7) is 10.1. The lowest BCUT2D eigenvalue weighted by molar-refractivity contribution is -0.145. The van der Waals surface area contributed by atoms with Crippen molar-refractivity contribution in [2.24, 2.45) is 0 Å². The van der Waals surface area contributed by atoms with E-state index in [1.807, 2.05) is 6.07 Å². The zero-order chi connectivity index (χ0) is 26.9. The van der Waals surface area contributed by atoms with E-state index in [0.29, 0.717) is 18.4 Å². The predicted molar refractivity (Wildman–Crippen MR) is 134 cm³/mol. The first kappa shape index (κ1) is 28.8. The van der Waals surface area contributed by atoms with Crippen molar-refractivity contribution in [2.45, 2.75) is 70.7 Å².